The van der Waals surface area contributed by atoms with E-state index >= 15 is 0 Å². The van der Waals surface area contributed by atoms with Crippen molar-refractivity contribution in [2.24, 2.45) is 0 Å². The van der Waals surface area contributed by atoms with Gasteiger partial charge in [0.25, 0.3) is 5.91 Å². The fourth-order valence-corrected chi connectivity index (χ4v) is 2.84. The zero-order valence-electron chi connectivity index (χ0n) is 13.2. The summed E-state index contributed by atoms with van der Waals surface area (Å²) in [6.45, 7) is 3.07. The van der Waals surface area contributed by atoms with Gasteiger partial charge in [-0.2, -0.15) is 0 Å². The van der Waals surface area contributed by atoms with Crippen molar-refractivity contribution in [2.45, 2.75) is 0 Å². The molecule has 1 aromatic heterocycles. The lowest BCUT2D eigenvalue weighted by Crippen LogP contribution is -2.50. The highest BCUT2D eigenvalue weighted by Crippen LogP contribution is 2.18. The van der Waals surface area contributed by atoms with Gasteiger partial charge in [-0.25, -0.2) is 0 Å². The predicted molar refractivity (Wildman–Crippen MR) is 88.2 cm³/mol. The summed E-state index contributed by atoms with van der Waals surface area (Å²) in [4.78, 5) is 32.4. The van der Waals surface area contributed by atoms with E-state index in [1.807, 2.05) is 29.2 Å². The minimum atomic E-state index is 0.00454. The monoisotopic (exact) mass is 312 g/mol. The zero-order valence-corrected chi connectivity index (χ0v) is 13.2. The molecule has 0 spiro atoms. The van der Waals surface area contributed by atoms with Crippen molar-refractivity contribution in [1.82, 2.24) is 20.1 Å². The van der Waals surface area contributed by atoms with Gasteiger partial charge in [-0.1, -0.05) is 18.2 Å². The molecule has 2 amide bonds. The summed E-state index contributed by atoms with van der Waals surface area (Å²) in [5.41, 5.74) is 1.52. The maximum atomic E-state index is 12.8. The van der Waals surface area contributed by atoms with E-state index in [0.717, 1.165) is 10.9 Å². The Labute approximate surface area is 135 Å². The molecule has 0 aliphatic carbocycles. The molecule has 6 nitrogen and oxygen atoms in total. The van der Waals surface area contributed by atoms with Gasteiger partial charge >= 0.3 is 0 Å². The van der Waals surface area contributed by atoms with E-state index in [2.05, 4.69) is 15.2 Å². The van der Waals surface area contributed by atoms with Crippen LogP contribution in [0.5, 0.6) is 0 Å². The van der Waals surface area contributed by atoms with Crippen LogP contribution in [-0.4, -0.2) is 66.4 Å². The number of carbonyl (C=O) groups is 2. The summed E-state index contributed by atoms with van der Waals surface area (Å²) in [6, 6.07) is 9.45. The van der Waals surface area contributed by atoms with Crippen LogP contribution < -0.4 is 5.32 Å². The first-order valence-corrected chi connectivity index (χ1v) is 7.75. The Morgan fingerprint density at radius 2 is 1.87 bits per heavy atom. The zero-order chi connectivity index (χ0) is 16.2. The molecule has 1 N–H and O–H groups in total. The van der Waals surface area contributed by atoms with Crippen molar-refractivity contribution in [1.29, 1.82) is 0 Å². The number of carbonyl (C=O) groups excluding carboxylic acids is 2. The molecule has 2 heterocycles. The Bertz CT molecular complexity index is 718. The summed E-state index contributed by atoms with van der Waals surface area (Å²) < 4.78 is 0. The molecule has 6 heteroatoms. The maximum Gasteiger partial charge on any atom is 0.254 e. The molecule has 0 radical (unpaired) electrons. The Kier molecular flexibility index (Phi) is 4.52. The van der Waals surface area contributed by atoms with Gasteiger partial charge in [0, 0.05) is 44.8 Å². The van der Waals surface area contributed by atoms with Crippen molar-refractivity contribution in [2.75, 3.05) is 39.8 Å². The number of hydrogen-bond acceptors (Lipinski definition) is 4. The number of pyridine rings is 1. The normalized spacial score (nSPS) is 15.6. The predicted octanol–water partition coefficient (Wildman–Crippen LogP) is 0.739. The topological polar surface area (TPSA) is 65.5 Å². The number of piperazine rings is 1. The maximum absolute atomic E-state index is 12.8. The molecule has 0 unspecified atom stereocenters. The van der Waals surface area contributed by atoms with E-state index in [1.165, 1.54) is 0 Å². The van der Waals surface area contributed by atoms with Gasteiger partial charge in [-0.15, -0.1) is 0 Å². The molecule has 1 aromatic carbocycles. The van der Waals surface area contributed by atoms with Gasteiger partial charge in [-0.05, 0) is 12.1 Å². The van der Waals surface area contributed by atoms with Gasteiger partial charge in [0.2, 0.25) is 5.91 Å². The number of benzene rings is 1. The van der Waals surface area contributed by atoms with Crippen molar-refractivity contribution in [3.8, 4) is 0 Å². The highest BCUT2D eigenvalue weighted by atomic mass is 16.2. The van der Waals surface area contributed by atoms with E-state index in [-0.39, 0.29) is 11.8 Å². The Morgan fingerprint density at radius 3 is 2.61 bits per heavy atom. The molecule has 0 saturated carbocycles. The minimum Gasteiger partial charge on any atom is -0.358 e. The number of para-hydroxylation sites is 1. The van der Waals surface area contributed by atoms with E-state index in [4.69, 9.17) is 0 Å². The van der Waals surface area contributed by atoms with Crippen LogP contribution in [0.3, 0.4) is 0 Å². The number of hydrogen-bond donors (Lipinski definition) is 1. The van der Waals surface area contributed by atoms with Crippen LogP contribution in [0, 0.1) is 0 Å². The molecule has 23 heavy (non-hydrogen) atoms. The lowest BCUT2D eigenvalue weighted by Gasteiger charge is -2.34. The fraction of sp³-hybridized carbons (Fsp3) is 0.353. The Balaban J connectivity index is 1.71. The summed E-state index contributed by atoms with van der Waals surface area (Å²) >= 11 is 0. The van der Waals surface area contributed by atoms with Crippen LogP contribution in [0.1, 0.15) is 10.4 Å². The highest BCUT2D eigenvalue weighted by molar-refractivity contribution is 6.06. The van der Waals surface area contributed by atoms with Crippen molar-refractivity contribution in [3.05, 3.63) is 42.1 Å². The van der Waals surface area contributed by atoms with E-state index in [9.17, 15) is 9.59 Å². The summed E-state index contributed by atoms with van der Waals surface area (Å²) in [7, 11) is 1.64. The highest BCUT2D eigenvalue weighted by Gasteiger charge is 2.24. The largest absolute Gasteiger partial charge is 0.358 e. The summed E-state index contributed by atoms with van der Waals surface area (Å²) in [5, 5.41) is 3.51. The number of rotatable bonds is 3. The van der Waals surface area contributed by atoms with Gasteiger partial charge in [-0.3, -0.25) is 19.5 Å². The molecule has 3 rings (SSSR count). The Morgan fingerprint density at radius 1 is 1.13 bits per heavy atom. The van der Waals surface area contributed by atoms with Crippen LogP contribution in [0.4, 0.5) is 0 Å². The van der Waals surface area contributed by atoms with E-state index < -0.39 is 0 Å². The lowest BCUT2D eigenvalue weighted by molar-refractivity contribution is -0.122. The summed E-state index contributed by atoms with van der Waals surface area (Å²) in [6.07, 6.45) is 1.68. The van der Waals surface area contributed by atoms with Gasteiger partial charge in [0.05, 0.1) is 17.6 Å². The number of nitrogens with one attached hydrogen (secondary N) is 1. The molecule has 1 aliphatic rings. The van der Waals surface area contributed by atoms with Crippen molar-refractivity contribution < 1.29 is 9.59 Å². The molecule has 1 saturated heterocycles. The van der Waals surface area contributed by atoms with Crippen molar-refractivity contribution >= 4 is 22.7 Å². The number of fused-ring (bicyclic) bond motifs is 1. The standard InChI is InChI=1S/C17H20N4O2/c1-18-16(22)12-20-8-10-21(11-9-20)17(23)14-6-7-19-15-5-3-2-4-13(14)15/h2-7H,8-12H2,1H3,(H,18,22). The van der Waals surface area contributed by atoms with Crippen LogP contribution in [0.2, 0.25) is 0 Å². The summed E-state index contributed by atoms with van der Waals surface area (Å²) in [5.74, 6) is 0.0353. The fourth-order valence-electron chi connectivity index (χ4n) is 2.84. The second kappa shape index (κ2) is 6.75. The molecular weight excluding hydrogens is 292 g/mol. The molecule has 1 aliphatic heterocycles. The lowest BCUT2D eigenvalue weighted by atomic mass is 10.1. The van der Waals surface area contributed by atoms with Crippen LogP contribution in [0.15, 0.2) is 36.5 Å². The quantitative estimate of drug-likeness (QED) is 0.908. The number of likely N-dealkylation sites (N-methyl/N-ethyl adjacent to an activating group) is 1. The first kappa shape index (κ1) is 15.4. The first-order valence-electron chi connectivity index (χ1n) is 7.75. The number of nitrogens with zero attached hydrogens (tertiary/aromatic N) is 3. The smallest absolute Gasteiger partial charge is 0.254 e. The average Bonchev–Trinajstić information content (AvgIpc) is 2.61. The van der Waals surface area contributed by atoms with Crippen LogP contribution in [0.25, 0.3) is 10.9 Å². The SMILES string of the molecule is CNC(=O)CN1CCN(C(=O)c2ccnc3ccccc23)CC1. The van der Waals surface area contributed by atoms with Crippen LogP contribution in [-0.2, 0) is 4.79 Å². The van der Waals surface area contributed by atoms with E-state index in [0.29, 0.717) is 38.3 Å². The second-order valence-corrected chi connectivity index (χ2v) is 5.62. The van der Waals surface area contributed by atoms with Gasteiger partial charge in [0.1, 0.15) is 0 Å². The van der Waals surface area contributed by atoms with Gasteiger partial charge < -0.3 is 10.2 Å². The third-order valence-electron chi connectivity index (χ3n) is 4.19. The second-order valence-electron chi connectivity index (χ2n) is 5.62. The third kappa shape index (κ3) is 3.32. The molecule has 0 atom stereocenters. The van der Waals surface area contributed by atoms with Crippen LogP contribution >= 0.6 is 0 Å². The molecule has 1 fully saturated rings. The molecule has 0 bridgehead atoms. The minimum absolute atomic E-state index is 0.00454. The number of aromatic nitrogens is 1. The molecule has 120 valence electrons. The number of amides is 2. The average molecular weight is 312 g/mol. The first-order chi connectivity index (χ1) is 11.2. The van der Waals surface area contributed by atoms with E-state index in [1.54, 1.807) is 19.3 Å². The van der Waals surface area contributed by atoms with Crippen molar-refractivity contribution in [3.63, 3.8) is 0 Å². The third-order valence-corrected chi connectivity index (χ3v) is 4.19. The van der Waals surface area contributed by atoms with Gasteiger partial charge in [0.15, 0.2) is 0 Å². The molecular formula is C17H20N4O2. The molecule has 2 aromatic rings. The Hall–Kier alpha value is -2.47.